The molecule has 18 heavy (non-hydrogen) atoms. The second kappa shape index (κ2) is 7.11. The first-order chi connectivity index (χ1) is 8.62. The highest BCUT2D eigenvalue weighted by atomic mass is 16.5. The molecule has 0 aromatic heterocycles. The summed E-state index contributed by atoms with van der Waals surface area (Å²) in [5.74, 6) is 2.23. The fraction of sp³-hybridized carbons (Fsp3) is 0.571. The number of ether oxygens (including phenoxy) is 3. The topological polar surface area (TPSA) is 53.7 Å². The summed E-state index contributed by atoms with van der Waals surface area (Å²) in [7, 11) is 3.28. The second-order valence-corrected chi connectivity index (χ2v) is 4.34. The van der Waals surface area contributed by atoms with Crippen LogP contribution >= 0.6 is 0 Å². The minimum Gasteiger partial charge on any atom is -0.496 e. The van der Waals surface area contributed by atoms with Crippen molar-refractivity contribution in [2.24, 2.45) is 5.73 Å². The molecule has 0 fully saturated rings. The van der Waals surface area contributed by atoms with Gasteiger partial charge in [0.25, 0.3) is 0 Å². The van der Waals surface area contributed by atoms with E-state index in [1.54, 1.807) is 14.2 Å². The van der Waals surface area contributed by atoms with E-state index >= 15 is 0 Å². The molecule has 1 unspecified atom stereocenters. The van der Waals surface area contributed by atoms with Gasteiger partial charge in [0.15, 0.2) is 11.5 Å². The maximum atomic E-state index is 5.83. The third-order valence-corrected chi connectivity index (χ3v) is 2.57. The first-order valence-electron chi connectivity index (χ1n) is 6.25. The van der Waals surface area contributed by atoms with E-state index in [9.17, 15) is 0 Å². The van der Waals surface area contributed by atoms with Crippen molar-refractivity contribution < 1.29 is 14.2 Å². The average molecular weight is 253 g/mol. The zero-order valence-electron chi connectivity index (χ0n) is 11.7. The van der Waals surface area contributed by atoms with Gasteiger partial charge in [-0.3, -0.25) is 0 Å². The third-order valence-electron chi connectivity index (χ3n) is 2.57. The van der Waals surface area contributed by atoms with Gasteiger partial charge in [0, 0.05) is 12.1 Å². The van der Waals surface area contributed by atoms with Crippen LogP contribution in [0.4, 0.5) is 0 Å². The largest absolute Gasteiger partial charge is 0.496 e. The Kier molecular flexibility index (Phi) is 5.78. The fourth-order valence-corrected chi connectivity index (χ4v) is 1.76. The maximum absolute atomic E-state index is 5.83. The summed E-state index contributed by atoms with van der Waals surface area (Å²) in [5, 5.41) is 0. The highest BCUT2D eigenvalue weighted by molar-refractivity contribution is 5.51. The molecule has 1 rings (SSSR count). The van der Waals surface area contributed by atoms with Gasteiger partial charge in [-0.1, -0.05) is 6.92 Å². The van der Waals surface area contributed by atoms with Gasteiger partial charge in [-0.2, -0.15) is 0 Å². The number of nitrogens with two attached hydrogens (primary N) is 1. The molecule has 1 aromatic rings. The molecule has 0 aliphatic heterocycles. The lowest BCUT2D eigenvalue weighted by Gasteiger charge is -2.16. The molecule has 4 heteroatoms. The molecule has 102 valence electrons. The molecule has 0 saturated carbocycles. The summed E-state index contributed by atoms with van der Waals surface area (Å²) in [5.41, 5.74) is 6.87. The van der Waals surface area contributed by atoms with Crippen molar-refractivity contribution in [1.29, 1.82) is 0 Å². The second-order valence-electron chi connectivity index (χ2n) is 4.34. The molecule has 0 heterocycles. The molecular formula is C14H23NO3. The van der Waals surface area contributed by atoms with Crippen LogP contribution in [0.25, 0.3) is 0 Å². The van der Waals surface area contributed by atoms with E-state index in [-0.39, 0.29) is 6.04 Å². The summed E-state index contributed by atoms with van der Waals surface area (Å²) in [6.45, 7) is 4.69. The van der Waals surface area contributed by atoms with E-state index in [1.165, 1.54) is 0 Å². The van der Waals surface area contributed by atoms with E-state index < -0.39 is 0 Å². The molecule has 0 bridgehead atoms. The molecule has 0 aliphatic carbocycles. The lowest BCUT2D eigenvalue weighted by atomic mass is 10.1. The van der Waals surface area contributed by atoms with Crippen molar-refractivity contribution in [2.75, 3.05) is 20.8 Å². The highest BCUT2D eigenvalue weighted by Crippen LogP contribution is 2.35. The molecule has 0 radical (unpaired) electrons. The molecule has 0 spiro atoms. The van der Waals surface area contributed by atoms with E-state index in [1.807, 2.05) is 19.1 Å². The summed E-state index contributed by atoms with van der Waals surface area (Å²) in [6.07, 6.45) is 1.70. The standard InChI is InChI=1S/C14H23NO3/c1-5-6-18-14-9-12(16-3)11(7-10(2)15)8-13(14)17-4/h8-10H,5-7,15H2,1-4H3. The zero-order valence-corrected chi connectivity index (χ0v) is 11.7. The number of rotatable bonds is 7. The van der Waals surface area contributed by atoms with Crippen LogP contribution in [0, 0.1) is 0 Å². The summed E-state index contributed by atoms with van der Waals surface area (Å²) < 4.78 is 16.4. The van der Waals surface area contributed by atoms with E-state index in [2.05, 4.69) is 6.92 Å². The molecule has 2 N–H and O–H groups in total. The molecule has 0 saturated heterocycles. The smallest absolute Gasteiger partial charge is 0.164 e. The van der Waals surface area contributed by atoms with Gasteiger partial charge in [0.2, 0.25) is 0 Å². The highest BCUT2D eigenvalue weighted by Gasteiger charge is 2.13. The molecule has 0 aliphatic rings. The van der Waals surface area contributed by atoms with Crippen LogP contribution in [0.3, 0.4) is 0 Å². The van der Waals surface area contributed by atoms with E-state index in [0.717, 1.165) is 29.9 Å². The lowest BCUT2D eigenvalue weighted by molar-refractivity contribution is 0.291. The Morgan fingerprint density at radius 2 is 1.78 bits per heavy atom. The van der Waals surface area contributed by atoms with Gasteiger partial charge in [0.05, 0.1) is 20.8 Å². The first-order valence-corrected chi connectivity index (χ1v) is 6.25. The Morgan fingerprint density at radius 1 is 1.11 bits per heavy atom. The number of hydrogen-bond acceptors (Lipinski definition) is 4. The normalized spacial score (nSPS) is 12.1. The van der Waals surface area contributed by atoms with E-state index in [0.29, 0.717) is 12.4 Å². The van der Waals surface area contributed by atoms with Crippen molar-refractivity contribution in [1.82, 2.24) is 0 Å². The van der Waals surface area contributed by atoms with Crippen LogP contribution in [-0.2, 0) is 6.42 Å². The first kappa shape index (κ1) is 14.6. The molecule has 0 amide bonds. The minimum atomic E-state index is 0.0750. The van der Waals surface area contributed by atoms with Crippen molar-refractivity contribution in [3.05, 3.63) is 17.7 Å². The van der Waals surface area contributed by atoms with Gasteiger partial charge in [-0.05, 0) is 31.4 Å². The average Bonchev–Trinajstić information content (AvgIpc) is 2.35. The van der Waals surface area contributed by atoms with Crippen molar-refractivity contribution in [3.8, 4) is 17.2 Å². The Bertz CT molecular complexity index is 378. The van der Waals surface area contributed by atoms with Crippen LogP contribution < -0.4 is 19.9 Å². The molecule has 1 atom stereocenters. The summed E-state index contributed by atoms with van der Waals surface area (Å²) in [4.78, 5) is 0. The summed E-state index contributed by atoms with van der Waals surface area (Å²) in [6, 6.07) is 3.88. The minimum absolute atomic E-state index is 0.0750. The quantitative estimate of drug-likeness (QED) is 0.810. The van der Waals surface area contributed by atoms with Crippen LogP contribution in [0.1, 0.15) is 25.8 Å². The number of hydrogen-bond donors (Lipinski definition) is 1. The molecular weight excluding hydrogens is 230 g/mol. The SMILES string of the molecule is CCCOc1cc(OC)c(CC(C)N)cc1OC. The van der Waals surface area contributed by atoms with Crippen molar-refractivity contribution >= 4 is 0 Å². The van der Waals surface area contributed by atoms with Gasteiger partial charge >= 0.3 is 0 Å². The van der Waals surface area contributed by atoms with Gasteiger partial charge in [-0.25, -0.2) is 0 Å². The predicted molar refractivity (Wildman–Crippen MR) is 72.7 cm³/mol. The summed E-state index contributed by atoms with van der Waals surface area (Å²) >= 11 is 0. The Balaban J connectivity index is 3.06. The van der Waals surface area contributed by atoms with E-state index in [4.69, 9.17) is 19.9 Å². The molecule has 4 nitrogen and oxygen atoms in total. The Morgan fingerprint density at radius 3 is 2.28 bits per heavy atom. The zero-order chi connectivity index (χ0) is 13.5. The third kappa shape index (κ3) is 3.81. The predicted octanol–water partition coefficient (Wildman–Crippen LogP) is 2.38. The lowest BCUT2D eigenvalue weighted by Crippen LogP contribution is -2.18. The number of benzene rings is 1. The Labute approximate surface area is 109 Å². The van der Waals surface area contributed by atoms with Crippen LogP contribution in [0.2, 0.25) is 0 Å². The Hall–Kier alpha value is -1.42. The van der Waals surface area contributed by atoms with Crippen molar-refractivity contribution in [3.63, 3.8) is 0 Å². The fourth-order valence-electron chi connectivity index (χ4n) is 1.76. The monoisotopic (exact) mass is 253 g/mol. The molecule has 1 aromatic carbocycles. The van der Waals surface area contributed by atoms with Gasteiger partial charge in [0.1, 0.15) is 5.75 Å². The maximum Gasteiger partial charge on any atom is 0.164 e. The van der Waals surface area contributed by atoms with Crippen LogP contribution in [0.15, 0.2) is 12.1 Å². The van der Waals surface area contributed by atoms with Crippen LogP contribution in [-0.4, -0.2) is 26.9 Å². The van der Waals surface area contributed by atoms with Crippen LogP contribution in [0.5, 0.6) is 17.2 Å². The van der Waals surface area contributed by atoms with Crippen molar-refractivity contribution in [2.45, 2.75) is 32.7 Å². The van der Waals surface area contributed by atoms with Gasteiger partial charge < -0.3 is 19.9 Å². The van der Waals surface area contributed by atoms with Gasteiger partial charge in [-0.15, -0.1) is 0 Å². The number of methoxy groups -OCH3 is 2.